The number of esters is 1. The molecule has 0 aliphatic heterocycles. The van der Waals surface area contributed by atoms with Gasteiger partial charge in [0, 0.05) is 36.4 Å². The molecule has 1 aliphatic carbocycles. The van der Waals surface area contributed by atoms with Crippen molar-refractivity contribution in [1.82, 2.24) is 19.2 Å². The number of aromatic nitrogens is 4. The van der Waals surface area contributed by atoms with E-state index in [1.807, 2.05) is 0 Å². The summed E-state index contributed by atoms with van der Waals surface area (Å²) in [6.45, 7) is 0.355. The number of aryl methyl sites for hydroxylation is 1. The van der Waals surface area contributed by atoms with Gasteiger partial charge in [-0.05, 0) is 50.8 Å². The van der Waals surface area contributed by atoms with Gasteiger partial charge in [-0.2, -0.15) is 13.9 Å². The fourth-order valence-corrected chi connectivity index (χ4v) is 4.64. The number of ether oxygens (including phenoxy) is 4. The monoisotopic (exact) mass is 568 g/mol. The minimum atomic E-state index is -3.14. The van der Waals surface area contributed by atoms with Crippen LogP contribution in [0.5, 0.6) is 17.2 Å². The molecule has 1 unspecified atom stereocenters. The molecule has 3 aromatic heterocycles. The molecule has 0 N–H and O–H groups in total. The molecule has 0 saturated heterocycles. The summed E-state index contributed by atoms with van der Waals surface area (Å²) in [5.41, 5.74) is 2.79. The molecule has 0 spiro atoms. The van der Waals surface area contributed by atoms with Gasteiger partial charge >= 0.3 is 12.6 Å². The first-order valence-corrected chi connectivity index (χ1v) is 13.2. The average molecular weight is 569 g/mol. The van der Waals surface area contributed by atoms with Crippen molar-refractivity contribution in [3.63, 3.8) is 0 Å². The molecular formula is C29H30F2N4O6. The maximum Gasteiger partial charge on any atom is 0.387 e. The van der Waals surface area contributed by atoms with Crippen molar-refractivity contribution < 1.29 is 37.3 Å². The molecule has 3 heterocycles. The fourth-order valence-electron chi connectivity index (χ4n) is 4.64. The van der Waals surface area contributed by atoms with Crippen molar-refractivity contribution in [3.8, 4) is 39.6 Å². The normalized spacial score (nSPS) is 13.8. The van der Waals surface area contributed by atoms with Crippen molar-refractivity contribution in [2.45, 2.75) is 45.8 Å². The highest BCUT2D eigenvalue weighted by atomic mass is 19.3. The number of benzene rings is 1. The highest BCUT2D eigenvalue weighted by Gasteiger charge is 2.30. The maximum atomic E-state index is 13.5. The van der Waals surface area contributed by atoms with Crippen LogP contribution >= 0.6 is 0 Å². The molecular weight excluding hydrogens is 538 g/mol. The van der Waals surface area contributed by atoms with Gasteiger partial charge in [0.2, 0.25) is 0 Å². The lowest BCUT2D eigenvalue weighted by Crippen LogP contribution is -2.26. The second-order valence-corrected chi connectivity index (χ2v) is 9.84. The van der Waals surface area contributed by atoms with Crippen molar-refractivity contribution in [3.05, 3.63) is 48.5 Å². The van der Waals surface area contributed by atoms with Gasteiger partial charge in [-0.25, -0.2) is 9.78 Å². The van der Waals surface area contributed by atoms with Crippen LogP contribution in [-0.4, -0.2) is 57.3 Å². The molecule has 1 aromatic carbocycles. The fraction of sp³-hybridized carbons (Fsp3) is 0.379. The minimum absolute atomic E-state index is 0.0107. The molecule has 1 fully saturated rings. The van der Waals surface area contributed by atoms with Crippen LogP contribution in [0.1, 0.15) is 43.5 Å². The number of hydrogen-bond donors (Lipinski definition) is 0. The lowest BCUT2D eigenvalue weighted by Gasteiger charge is -2.18. The van der Waals surface area contributed by atoms with Crippen molar-refractivity contribution in [2.24, 2.45) is 13.0 Å². The first-order valence-electron chi connectivity index (χ1n) is 13.2. The van der Waals surface area contributed by atoms with Crippen LogP contribution in [0.3, 0.4) is 0 Å². The first-order chi connectivity index (χ1) is 19.7. The molecule has 216 valence electrons. The van der Waals surface area contributed by atoms with E-state index in [4.69, 9.17) is 18.9 Å². The van der Waals surface area contributed by atoms with Crippen molar-refractivity contribution >= 4 is 17.4 Å². The van der Waals surface area contributed by atoms with Gasteiger partial charge in [0.1, 0.15) is 28.5 Å². The Hall–Kier alpha value is -4.48. The predicted molar refractivity (Wildman–Crippen MR) is 144 cm³/mol. The predicted octanol–water partition coefficient (Wildman–Crippen LogP) is 5.33. The van der Waals surface area contributed by atoms with Gasteiger partial charge in [-0.3, -0.25) is 13.9 Å². The minimum Gasteiger partial charge on any atom is -0.496 e. The second kappa shape index (κ2) is 11.6. The second-order valence-electron chi connectivity index (χ2n) is 9.84. The van der Waals surface area contributed by atoms with Gasteiger partial charge < -0.3 is 18.9 Å². The third kappa shape index (κ3) is 6.01. The number of fused-ring (bicyclic) bond motifs is 1. The standard InChI is InChI=1S/C29H30F2N4O6/c1-5-39-28(37)16(2)40-25-15-35-21(13-32-26(35)11-20(25)19-12-33-34(3)14-19)18-9-23(38-4)27(22(36)8-17-6-7-17)24(10-18)41-29(30)31/h9-17,29H,5-8H2,1-4H3. The quantitative estimate of drug-likeness (QED) is 0.167. The molecule has 5 rings (SSSR count). The Kier molecular flexibility index (Phi) is 7.91. The van der Waals surface area contributed by atoms with Gasteiger partial charge in [0.25, 0.3) is 0 Å². The number of nitrogens with zero attached hydrogens (tertiary/aromatic N) is 4. The van der Waals surface area contributed by atoms with Crippen LogP contribution in [0, 0.1) is 5.92 Å². The zero-order chi connectivity index (χ0) is 29.3. The lowest BCUT2D eigenvalue weighted by molar-refractivity contribution is -0.150. The molecule has 0 radical (unpaired) electrons. The van der Waals surface area contributed by atoms with Gasteiger partial charge in [-0.1, -0.05) is 0 Å². The third-order valence-electron chi connectivity index (χ3n) is 6.80. The molecule has 0 bridgehead atoms. The molecule has 0 amide bonds. The number of carbonyl (C=O) groups excluding carboxylic acids is 2. The molecule has 12 heteroatoms. The zero-order valence-corrected chi connectivity index (χ0v) is 23.1. The molecule has 4 aromatic rings. The summed E-state index contributed by atoms with van der Waals surface area (Å²) in [6, 6.07) is 4.75. The van der Waals surface area contributed by atoms with E-state index >= 15 is 0 Å². The number of ketones is 1. The number of alkyl halides is 2. The third-order valence-corrected chi connectivity index (χ3v) is 6.80. The number of halogens is 2. The molecule has 1 aliphatic rings. The summed E-state index contributed by atoms with van der Waals surface area (Å²) in [4.78, 5) is 29.9. The van der Waals surface area contributed by atoms with E-state index in [-0.39, 0.29) is 41.8 Å². The van der Waals surface area contributed by atoms with Crippen LogP contribution in [0.25, 0.3) is 28.0 Å². The SMILES string of the molecule is CCOC(=O)C(C)Oc1cn2c(-c3cc(OC)c(C(=O)CC4CC4)c(OC(F)F)c3)cnc2cc1-c1cnn(C)c1. The largest absolute Gasteiger partial charge is 0.496 e. The van der Waals surface area contributed by atoms with Crippen LogP contribution in [0.4, 0.5) is 8.78 Å². The summed E-state index contributed by atoms with van der Waals surface area (Å²) >= 11 is 0. The van der Waals surface area contributed by atoms with Gasteiger partial charge in [-0.15, -0.1) is 0 Å². The lowest BCUT2D eigenvalue weighted by atomic mass is 10.00. The zero-order valence-electron chi connectivity index (χ0n) is 23.1. The maximum absolute atomic E-state index is 13.5. The van der Waals surface area contributed by atoms with E-state index in [1.165, 1.54) is 13.2 Å². The number of carbonyl (C=O) groups is 2. The molecule has 10 nitrogen and oxygen atoms in total. The topological polar surface area (TPSA) is 106 Å². The summed E-state index contributed by atoms with van der Waals surface area (Å²) in [5.74, 6) is -0.394. The Morgan fingerprint density at radius 2 is 1.80 bits per heavy atom. The number of pyridine rings is 1. The summed E-state index contributed by atoms with van der Waals surface area (Å²) < 4.78 is 51.7. The highest BCUT2D eigenvalue weighted by molar-refractivity contribution is 6.02. The van der Waals surface area contributed by atoms with Crippen molar-refractivity contribution in [1.29, 1.82) is 0 Å². The molecule has 41 heavy (non-hydrogen) atoms. The van der Waals surface area contributed by atoms with E-state index in [0.717, 1.165) is 18.4 Å². The van der Waals surface area contributed by atoms with Crippen molar-refractivity contribution in [2.75, 3.05) is 13.7 Å². The Balaban J connectivity index is 1.63. The Morgan fingerprint density at radius 1 is 1.05 bits per heavy atom. The first kappa shape index (κ1) is 28.1. The highest BCUT2D eigenvalue weighted by Crippen LogP contribution is 2.41. The summed E-state index contributed by atoms with van der Waals surface area (Å²) in [7, 11) is 3.15. The van der Waals surface area contributed by atoms with Crippen LogP contribution < -0.4 is 14.2 Å². The van der Waals surface area contributed by atoms with Crippen LogP contribution in [0.2, 0.25) is 0 Å². The average Bonchev–Trinajstić information content (AvgIpc) is 3.48. The Labute approximate surface area is 234 Å². The molecule has 1 atom stereocenters. The Bertz CT molecular complexity index is 1590. The number of imidazole rings is 1. The van der Waals surface area contributed by atoms with E-state index < -0.39 is 18.7 Å². The van der Waals surface area contributed by atoms with Gasteiger partial charge in [0.05, 0.1) is 38.0 Å². The number of methoxy groups -OCH3 is 1. The van der Waals surface area contributed by atoms with E-state index in [2.05, 4.69) is 10.1 Å². The van der Waals surface area contributed by atoms with E-state index in [1.54, 1.807) is 66.9 Å². The van der Waals surface area contributed by atoms with E-state index in [9.17, 15) is 18.4 Å². The molecule has 1 saturated carbocycles. The number of Topliss-reactive ketones (excluding diaryl/α,β-unsaturated/α-hetero) is 1. The summed E-state index contributed by atoms with van der Waals surface area (Å²) in [6.07, 6.45) is 7.86. The van der Waals surface area contributed by atoms with Gasteiger partial charge in [0.15, 0.2) is 11.9 Å². The summed E-state index contributed by atoms with van der Waals surface area (Å²) in [5, 5.41) is 4.23. The number of rotatable bonds is 12. The van der Waals surface area contributed by atoms with E-state index in [0.29, 0.717) is 28.2 Å². The smallest absolute Gasteiger partial charge is 0.387 e. The number of hydrogen-bond acceptors (Lipinski definition) is 8. The Morgan fingerprint density at radius 3 is 2.44 bits per heavy atom. The van der Waals surface area contributed by atoms with Crippen LogP contribution in [-0.2, 0) is 16.6 Å². The van der Waals surface area contributed by atoms with Crippen LogP contribution in [0.15, 0.2) is 43.0 Å².